The van der Waals surface area contributed by atoms with Gasteiger partial charge in [-0.05, 0) is 36.8 Å². The Morgan fingerprint density at radius 2 is 1.78 bits per heavy atom. The quantitative estimate of drug-likeness (QED) is 0.281. The molecule has 0 aliphatic heterocycles. The molecule has 5 rings (SSSR count). The van der Waals surface area contributed by atoms with E-state index in [4.69, 9.17) is 21.3 Å². The van der Waals surface area contributed by atoms with Gasteiger partial charge in [0.25, 0.3) is 0 Å². The number of pyridine rings is 1. The molecule has 0 N–H and O–H groups in total. The second-order valence-electron chi connectivity index (χ2n) is 6.88. The molecule has 5 nitrogen and oxygen atoms in total. The summed E-state index contributed by atoms with van der Waals surface area (Å²) in [5, 5.41) is 11.0. The maximum atomic E-state index is 13.4. The van der Waals surface area contributed by atoms with Gasteiger partial charge in [-0.3, -0.25) is 0 Å². The fourth-order valence-electron chi connectivity index (χ4n) is 3.58. The molecule has 8 heteroatoms. The first kappa shape index (κ1) is 20.3. The largest absolute Gasteiger partial charge is 0.477 e. The maximum Gasteiger partial charge on any atom is 0.233 e. The summed E-state index contributed by atoms with van der Waals surface area (Å²) >= 11 is 7.89. The van der Waals surface area contributed by atoms with E-state index in [1.165, 1.54) is 23.5 Å². The molecule has 0 aliphatic carbocycles. The lowest BCUT2D eigenvalue weighted by molar-refractivity contribution is 0.327. The molecular formula is C24H14ClFN4OS. The number of thiophene rings is 1. The number of ether oxygens (including phenoxy) is 1. The minimum absolute atomic E-state index is 0.271. The summed E-state index contributed by atoms with van der Waals surface area (Å²) in [6.07, 6.45) is 0. The van der Waals surface area contributed by atoms with E-state index < -0.39 is 0 Å². The number of aromatic nitrogens is 3. The fraction of sp³-hybridized carbons (Fsp3) is 0.0833. The van der Waals surface area contributed by atoms with Crippen molar-refractivity contribution in [1.29, 1.82) is 5.26 Å². The van der Waals surface area contributed by atoms with Crippen LogP contribution in [0, 0.1) is 17.1 Å². The van der Waals surface area contributed by atoms with Crippen LogP contribution in [0.2, 0.25) is 5.15 Å². The number of rotatable bonds is 4. The number of halogens is 2. The van der Waals surface area contributed by atoms with E-state index in [0.29, 0.717) is 49.6 Å². The molecule has 0 saturated heterocycles. The molecule has 0 spiro atoms. The van der Waals surface area contributed by atoms with Crippen LogP contribution in [0.25, 0.3) is 42.9 Å². The van der Waals surface area contributed by atoms with Crippen molar-refractivity contribution >= 4 is 43.4 Å². The number of hydrogen-bond acceptors (Lipinski definition) is 6. The Labute approximate surface area is 191 Å². The third kappa shape index (κ3) is 3.34. The van der Waals surface area contributed by atoms with Crippen LogP contribution in [-0.2, 0) is 0 Å². The average molecular weight is 461 g/mol. The molecule has 5 aromatic rings. The van der Waals surface area contributed by atoms with E-state index in [0.717, 1.165) is 5.56 Å². The Morgan fingerprint density at radius 3 is 2.47 bits per heavy atom. The second-order valence-corrected chi connectivity index (χ2v) is 8.24. The third-order valence-electron chi connectivity index (χ3n) is 4.95. The van der Waals surface area contributed by atoms with Crippen molar-refractivity contribution in [1.82, 2.24) is 15.0 Å². The smallest absolute Gasteiger partial charge is 0.233 e. The van der Waals surface area contributed by atoms with Crippen LogP contribution in [0.5, 0.6) is 5.88 Å². The molecule has 0 amide bonds. The van der Waals surface area contributed by atoms with Gasteiger partial charge >= 0.3 is 0 Å². The topological polar surface area (TPSA) is 71.7 Å². The van der Waals surface area contributed by atoms with Gasteiger partial charge in [-0.2, -0.15) is 5.26 Å². The Hall–Kier alpha value is -3.60. The number of nitrogens with zero attached hydrogens (tertiary/aromatic N) is 4. The molecule has 0 radical (unpaired) electrons. The Balaban J connectivity index is 1.91. The molecule has 0 bridgehead atoms. The van der Waals surface area contributed by atoms with E-state index in [9.17, 15) is 9.65 Å². The van der Waals surface area contributed by atoms with Gasteiger partial charge in [0.15, 0.2) is 11.0 Å². The van der Waals surface area contributed by atoms with Crippen molar-refractivity contribution in [2.45, 2.75) is 6.92 Å². The molecular weight excluding hydrogens is 447 g/mol. The monoisotopic (exact) mass is 460 g/mol. The van der Waals surface area contributed by atoms with E-state index in [-0.39, 0.29) is 16.9 Å². The van der Waals surface area contributed by atoms with Crippen molar-refractivity contribution in [3.8, 4) is 34.5 Å². The van der Waals surface area contributed by atoms with Crippen LogP contribution < -0.4 is 4.74 Å². The van der Waals surface area contributed by atoms with Crippen LogP contribution in [0.3, 0.4) is 0 Å². The van der Waals surface area contributed by atoms with Gasteiger partial charge in [0.2, 0.25) is 5.88 Å². The van der Waals surface area contributed by atoms with Crippen molar-refractivity contribution in [2.75, 3.05) is 6.61 Å². The van der Waals surface area contributed by atoms with Crippen molar-refractivity contribution in [2.24, 2.45) is 0 Å². The van der Waals surface area contributed by atoms with Crippen LogP contribution in [0.1, 0.15) is 12.5 Å². The zero-order chi connectivity index (χ0) is 22.2. The Morgan fingerprint density at radius 1 is 1.03 bits per heavy atom. The fourth-order valence-corrected chi connectivity index (χ4v) is 4.86. The predicted molar refractivity (Wildman–Crippen MR) is 124 cm³/mol. The molecule has 0 aliphatic rings. The summed E-state index contributed by atoms with van der Waals surface area (Å²) in [7, 11) is 0. The first-order valence-corrected chi connectivity index (χ1v) is 11.0. The summed E-state index contributed by atoms with van der Waals surface area (Å²) in [6.45, 7) is 2.22. The first-order valence-electron chi connectivity index (χ1n) is 9.78. The summed E-state index contributed by atoms with van der Waals surface area (Å²) in [4.78, 5) is 14.4. The van der Waals surface area contributed by atoms with Gasteiger partial charge in [0, 0.05) is 16.5 Å². The summed E-state index contributed by atoms with van der Waals surface area (Å²) in [5.41, 5.74) is 3.09. The van der Waals surface area contributed by atoms with Crippen molar-refractivity contribution in [3.63, 3.8) is 0 Å². The Kier molecular flexibility index (Phi) is 5.17. The Bertz CT molecular complexity index is 1510. The highest BCUT2D eigenvalue weighted by Crippen LogP contribution is 2.44. The van der Waals surface area contributed by atoms with E-state index in [2.05, 4.69) is 16.0 Å². The minimum Gasteiger partial charge on any atom is -0.477 e. The SMILES string of the molecule is CCOc1nc2sc3c(Cl)nc(-c4ccc(F)cc4)nc3c2c(-c2ccccc2)c1C#N. The molecule has 0 atom stereocenters. The average Bonchev–Trinajstić information content (AvgIpc) is 3.18. The zero-order valence-corrected chi connectivity index (χ0v) is 18.3. The first-order chi connectivity index (χ1) is 15.6. The summed E-state index contributed by atoms with van der Waals surface area (Å²) < 4.78 is 19.8. The number of hydrogen-bond donors (Lipinski definition) is 0. The van der Waals surface area contributed by atoms with E-state index in [1.807, 2.05) is 37.3 Å². The summed E-state index contributed by atoms with van der Waals surface area (Å²) in [5.74, 6) is 0.295. The molecule has 32 heavy (non-hydrogen) atoms. The highest BCUT2D eigenvalue weighted by molar-refractivity contribution is 7.26. The summed E-state index contributed by atoms with van der Waals surface area (Å²) in [6, 6.07) is 17.7. The van der Waals surface area contributed by atoms with Crippen LogP contribution >= 0.6 is 22.9 Å². The lowest BCUT2D eigenvalue weighted by atomic mass is 9.98. The number of benzene rings is 2. The minimum atomic E-state index is -0.348. The molecule has 3 heterocycles. The molecule has 2 aromatic carbocycles. The number of fused-ring (bicyclic) bond motifs is 3. The molecule has 3 aromatic heterocycles. The maximum absolute atomic E-state index is 13.4. The predicted octanol–water partition coefficient (Wildman–Crippen LogP) is 6.64. The van der Waals surface area contributed by atoms with Gasteiger partial charge < -0.3 is 4.74 Å². The normalized spacial score (nSPS) is 11.1. The van der Waals surface area contributed by atoms with E-state index >= 15 is 0 Å². The lowest BCUT2D eigenvalue weighted by Crippen LogP contribution is -2.00. The lowest BCUT2D eigenvalue weighted by Gasteiger charge is -2.11. The van der Waals surface area contributed by atoms with Crippen LogP contribution in [0.4, 0.5) is 4.39 Å². The molecule has 0 fully saturated rings. The van der Waals surface area contributed by atoms with Gasteiger partial charge in [-0.1, -0.05) is 41.9 Å². The van der Waals surface area contributed by atoms with Crippen LogP contribution in [-0.4, -0.2) is 21.6 Å². The van der Waals surface area contributed by atoms with Gasteiger partial charge in [0.1, 0.15) is 22.3 Å². The van der Waals surface area contributed by atoms with Gasteiger partial charge in [-0.15, -0.1) is 11.3 Å². The van der Waals surface area contributed by atoms with Gasteiger partial charge in [0.05, 0.1) is 16.8 Å². The standard InChI is InChI=1S/C24H14ClFN4OS/c1-2-31-23-16(12-27)17(13-6-4-3-5-7-13)18-19-20(32-24(18)30-23)21(25)29-22(28-19)14-8-10-15(26)11-9-14/h3-11H,2H2,1H3. The van der Waals surface area contributed by atoms with Crippen molar-refractivity contribution in [3.05, 3.63) is 71.1 Å². The number of nitriles is 1. The highest BCUT2D eigenvalue weighted by atomic mass is 35.5. The molecule has 0 saturated carbocycles. The third-order valence-corrected chi connectivity index (χ3v) is 6.41. The molecule has 0 unspecified atom stereocenters. The van der Waals surface area contributed by atoms with Crippen LogP contribution in [0.15, 0.2) is 54.6 Å². The van der Waals surface area contributed by atoms with E-state index in [1.54, 1.807) is 12.1 Å². The second kappa shape index (κ2) is 8.15. The molecule has 156 valence electrons. The zero-order valence-electron chi connectivity index (χ0n) is 16.8. The van der Waals surface area contributed by atoms with Gasteiger partial charge in [-0.25, -0.2) is 19.3 Å². The highest BCUT2D eigenvalue weighted by Gasteiger charge is 2.24. The van der Waals surface area contributed by atoms with Crippen molar-refractivity contribution < 1.29 is 9.13 Å².